The summed E-state index contributed by atoms with van der Waals surface area (Å²) in [6, 6.07) is 6.01. The largest absolute Gasteiger partial charge is 0.416 e. The molecule has 19 heavy (non-hydrogen) atoms. The molecule has 0 radical (unpaired) electrons. The molecule has 4 heteroatoms. The summed E-state index contributed by atoms with van der Waals surface area (Å²) in [7, 11) is 0. The summed E-state index contributed by atoms with van der Waals surface area (Å²) in [5, 5.41) is 3.41. The van der Waals surface area contributed by atoms with Crippen LogP contribution in [0, 0.1) is 5.92 Å². The lowest BCUT2D eigenvalue weighted by Gasteiger charge is -2.34. The Kier molecular flexibility index (Phi) is 4.50. The van der Waals surface area contributed by atoms with Crippen molar-refractivity contribution >= 4 is 0 Å². The number of nitrogens with one attached hydrogen (secondary N) is 1. The second-order valence-corrected chi connectivity index (χ2v) is 5.26. The van der Waals surface area contributed by atoms with Crippen molar-refractivity contribution in [2.24, 2.45) is 5.92 Å². The van der Waals surface area contributed by atoms with Gasteiger partial charge < -0.3 is 5.32 Å². The maximum Gasteiger partial charge on any atom is 0.416 e. The Bertz CT molecular complexity index is 410. The van der Waals surface area contributed by atoms with E-state index in [-0.39, 0.29) is 0 Å². The van der Waals surface area contributed by atoms with E-state index < -0.39 is 11.7 Å². The molecule has 0 saturated heterocycles. The van der Waals surface area contributed by atoms with Crippen molar-refractivity contribution in [1.29, 1.82) is 0 Å². The number of likely N-dealkylation sites (N-methyl/N-ethyl adjacent to an activating group) is 1. The minimum absolute atomic E-state index is 0.308. The molecule has 1 aromatic rings. The SMILES string of the molecule is CCNC(Cc1cccc(C(F)(F)F)c1)C1CCC1. The van der Waals surface area contributed by atoms with Crippen LogP contribution in [0.25, 0.3) is 0 Å². The van der Waals surface area contributed by atoms with Gasteiger partial charge in [0, 0.05) is 6.04 Å². The molecule has 1 atom stereocenters. The molecule has 0 bridgehead atoms. The number of alkyl halides is 3. The molecule has 1 aromatic carbocycles. The van der Waals surface area contributed by atoms with E-state index in [1.165, 1.54) is 31.4 Å². The van der Waals surface area contributed by atoms with Crippen molar-refractivity contribution in [3.05, 3.63) is 35.4 Å². The Labute approximate surface area is 112 Å². The standard InChI is InChI=1S/C15H20F3N/c1-2-19-14(12-6-4-7-12)10-11-5-3-8-13(9-11)15(16,17)18/h3,5,8-9,12,14,19H,2,4,6-7,10H2,1H3. The van der Waals surface area contributed by atoms with Gasteiger partial charge in [0.05, 0.1) is 5.56 Å². The van der Waals surface area contributed by atoms with Gasteiger partial charge in [-0.05, 0) is 43.4 Å². The summed E-state index contributed by atoms with van der Waals surface area (Å²) in [5.74, 6) is 0.620. The van der Waals surface area contributed by atoms with E-state index in [9.17, 15) is 13.2 Å². The van der Waals surface area contributed by atoms with Gasteiger partial charge >= 0.3 is 6.18 Å². The zero-order valence-electron chi connectivity index (χ0n) is 11.1. The van der Waals surface area contributed by atoms with Crippen molar-refractivity contribution in [1.82, 2.24) is 5.32 Å². The van der Waals surface area contributed by atoms with Crippen molar-refractivity contribution in [2.45, 2.75) is 44.8 Å². The van der Waals surface area contributed by atoms with E-state index in [1.54, 1.807) is 6.07 Å². The number of benzene rings is 1. The third kappa shape index (κ3) is 3.72. The highest BCUT2D eigenvalue weighted by atomic mass is 19.4. The van der Waals surface area contributed by atoms with Crippen LogP contribution in [0.2, 0.25) is 0 Å². The molecular formula is C15H20F3N. The van der Waals surface area contributed by atoms with Crippen molar-refractivity contribution in [2.75, 3.05) is 6.54 Å². The monoisotopic (exact) mass is 271 g/mol. The predicted molar refractivity (Wildman–Crippen MR) is 70.0 cm³/mol. The normalized spacial score (nSPS) is 18.1. The first kappa shape index (κ1) is 14.4. The lowest BCUT2D eigenvalue weighted by atomic mass is 9.77. The van der Waals surface area contributed by atoms with Gasteiger partial charge in [-0.3, -0.25) is 0 Å². The topological polar surface area (TPSA) is 12.0 Å². The van der Waals surface area contributed by atoms with Crippen LogP contribution in [-0.2, 0) is 12.6 Å². The van der Waals surface area contributed by atoms with Crippen LogP contribution in [0.4, 0.5) is 13.2 Å². The summed E-state index contributed by atoms with van der Waals surface area (Å²) >= 11 is 0. The van der Waals surface area contributed by atoms with Crippen molar-refractivity contribution < 1.29 is 13.2 Å². The van der Waals surface area contributed by atoms with Gasteiger partial charge in [0.15, 0.2) is 0 Å². The molecule has 0 aliphatic heterocycles. The third-order valence-corrected chi connectivity index (χ3v) is 3.90. The average Bonchev–Trinajstić information content (AvgIpc) is 2.26. The van der Waals surface area contributed by atoms with E-state index >= 15 is 0 Å². The quantitative estimate of drug-likeness (QED) is 0.852. The fourth-order valence-electron chi connectivity index (χ4n) is 2.64. The molecular weight excluding hydrogens is 251 g/mol. The minimum atomic E-state index is -4.25. The van der Waals surface area contributed by atoms with E-state index in [0.29, 0.717) is 18.4 Å². The molecule has 1 N–H and O–H groups in total. The first-order chi connectivity index (χ1) is 9.00. The molecule has 0 amide bonds. The molecule has 0 heterocycles. The fraction of sp³-hybridized carbons (Fsp3) is 0.600. The molecule has 0 spiro atoms. The zero-order chi connectivity index (χ0) is 13.9. The smallest absolute Gasteiger partial charge is 0.314 e. The lowest BCUT2D eigenvalue weighted by Crippen LogP contribution is -2.41. The fourth-order valence-corrected chi connectivity index (χ4v) is 2.64. The Morgan fingerprint density at radius 3 is 2.58 bits per heavy atom. The lowest BCUT2D eigenvalue weighted by molar-refractivity contribution is -0.137. The van der Waals surface area contributed by atoms with E-state index in [1.807, 2.05) is 6.92 Å². The van der Waals surface area contributed by atoms with Crippen molar-refractivity contribution in [3.8, 4) is 0 Å². The summed E-state index contributed by atoms with van der Waals surface area (Å²) < 4.78 is 38.0. The van der Waals surface area contributed by atoms with Gasteiger partial charge in [-0.1, -0.05) is 31.5 Å². The Hall–Kier alpha value is -1.03. The summed E-state index contributed by atoms with van der Waals surface area (Å²) in [4.78, 5) is 0. The number of hydrogen-bond acceptors (Lipinski definition) is 1. The van der Waals surface area contributed by atoms with Gasteiger partial charge in [-0.25, -0.2) is 0 Å². The highest BCUT2D eigenvalue weighted by Gasteiger charge is 2.31. The highest BCUT2D eigenvalue weighted by molar-refractivity contribution is 5.26. The number of hydrogen-bond donors (Lipinski definition) is 1. The van der Waals surface area contributed by atoms with Crippen LogP contribution in [-0.4, -0.2) is 12.6 Å². The molecule has 1 unspecified atom stereocenters. The van der Waals surface area contributed by atoms with Crippen LogP contribution < -0.4 is 5.32 Å². The van der Waals surface area contributed by atoms with Gasteiger partial charge in [0.2, 0.25) is 0 Å². The zero-order valence-corrected chi connectivity index (χ0v) is 11.1. The molecule has 106 valence electrons. The minimum Gasteiger partial charge on any atom is -0.314 e. The molecule has 0 aromatic heterocycles. The first-order valence-electron chi connectivity index (χ1n) is 6.90. The van der Waals surface area contributed by atoms with E-state index in [2.05, 4.69) is 5.32 Å². The summed E-state index contributed by atoms with van der Waals surface area (Å²) in [6.07, 6.45) is 0.0605. The van der Waals surface area contributed by atoms with Crippen LogP contribution in [0.1, 0.15) is 37.3 Å². The maximum absolute atomic E-state index is 12.7. The number of rotatable bonds is 5. The van der Waals surface area contributed by atoms with Gasteiger partial charge in [-0.2, -0.15) is 13.2 Å². The second kappa shape index (κ2) is 5.95. The molecule has 1 aliphatic carbocycles. The third-order valence-electron chi connectivity index (χ3n) is 3.90. The van der Waals surface area contributed by atoms with Gasteiger partial charge in [0.1, 0.15) is 0 Å². The predicted octanol–water partition coefficient (Wildman–Crippen LogP) is 4.03. The van der Waals surface area contributed by atoms with Crippen LogP contribution in [0.5, 0.6) is 0 Å². The summed E-state index contributed by atoms with van der Waals surface area (Å²) in [6.45, 7) is 2.90. The first-order valence-corrected chi connectivity index (χ1v) is 6.90. The maximum atomic E-state index is 12.7. The van der Waals surface area contributed by atoms with E-state index in [0.717, 1.165) is 18.2 Å². The van der Waals surface area contributed by atoms with E-state index in [4.69, 9.17) is 0 Å². The average molecular weight is 271 g/mol. The molecule has 1 nitrogen and oxygen atoms in total. The Balaban J connectivity index is 2.08. The summed E-state index contributed by atoms with van der Waals surface area (Å²) in [5.41, 5.74) is 0.224. The van der Waals surface area contributed by atoms with Gasteiger partial charge in [0.25, 0.3) is 0 Å². The number of halogens is 3. The Morgan fingerprint density at radius 1 is 1.32 bits per heavy atom. The van der Waals surface area contributed by atoms with Crippen LogP contribution >= 0.6 is 0 Å². The van der Waals surface area contributed by atoms with Gasteiger partial charge in [-0.15, -0.1) is 0 Å². The Morgan fingerprint density at radius 2 is 2.05 bits per heavy atom. The second-order valence-electron chi connectivity index (χ2n) is 5.26. The van der Waals surface area contributed by atoms with Crippen molar-refractivity contribution in [3.63, 3.8) is 0 Å². The van der Waals surface area contributed by atoms with Crippen LogP contribution in [0.3, 0.4) is 0 Å². The molecule has 1 aliphatic rings. The molecule has 2 rings (SSSR count). The van der Waals surface area contributed by atoms with Crippen LogP contribution in [0.15, 0.2) is 24.3 Å². The molecule has 1 fully saturated rings. The highest BCUT2D eigenvalue weighted by Crippen LogP contribution is 2.33. The molecule has 1 saturated carbocycles.